The van der Waals surface area contributed by atoms with Crippen LogP contribution in [0.5, 0.6) is 0 Å². The lowest BCUT2D eigenvalue weighted by Gasteiger charge is -2.30. The molecule has 2 heterocycles. The summed E-state index contributed by atoms with van der Waals surface area (Å²) < 4.78 is 0. The van der Waals surface area contributed by atoms with Crippen LogP contribution in [0.3, 0.4) is 0 Å². The van der Waals surface area contributed by atoms with Gasteiger partial charge in [-0.25, -0.2) is 0 Å². The van der Waals surface area contributed by atoms with Gasteiger partial charge in [0.05, 0.1) is 0 Å². The van der Waals surface area contributed by atoms with E-state index in [2.05, 4.69) is 34.5 Å². The van der Waals surface area contributed by atoms with Crippen molar-refractivity contribution in [3.63, 3.8) is 0 Å². The number of piperazine rings is 1. The Morgan fingerprint density at radius 2 is 1.71 bits per heavy atom. The van der Waals surface area contributed by atoms with Crippen LogP contribution in [0.25, 0.3) is 0 Å². The lowest BCUT2D eigenvalue weighted by Crippen LogP contribution is -2.42. The second kappa shape index (κ2) is 7.05. The van der Waals surface area contributed by atoms with Crippen LogP contribution in [-0.4, -0.2) is 55.5 Å². The van der Waals surface area contributed by atoms with Gasteiger partial charge in [0.25, 0.3) is 0 Å². The molecule has 2 saturated heterocycles. The number of nitrogens with one attached hydrogen (secondary N) is 1. The van der Waals surface area contributed by atoms with Crippen molar-refractivity contribution in [2.45, 2.75) is 25.3 Å². The largest absolute Gasteiger partial charge is 0.345 e. The van der Waals surface area contributed by atoms with Gasteiger partial charge in [-0.1, -0.05) is 24.3 Å². The summed E-state index contributed by atoms with van der Waals surface area (Å²) in [5, 5.41) is 3.39. The van der Waals surface area contributed by atoms with Gasteiger partial charge in [-0.3, -0.25) is 9.69 Å². The highest BCUT2D eigenvalue weighted by Gasteiger charge is 2.19. The van der Waals surface area contributed by atoms with Crippen LogP contribution in [0.4, 0.5) is 0 Å². The third-order valence-corrected chi connectivity index (χ3v) is 4.75. The average molecular weight is 287 g/mol. The van der Waals surface area contributed by atoms with Gasteiger partial charge in [0.1, 0.15) is 0 Å². The van der Waals surface area contributed by atoms with E-state index in [4.69, 9.17) is 0 Å². The maximum Gasteiger partial charge on any atom is 0.209 e. The molecule has 3 rings (SSSR count). The van der Waals surface area contributed by atoms with E-state index < -0.39 is 0 Å². The Morgan fingerprint density at radius 1 is 1.05 bits per heavy atom. The van der Waals surface area contributed by atoms with Crippen LogP contribution < -0.4 is 5.32 Å². The van der Waals surface area contributed by atoms with Crippen molar-refractivity contribution in [1.82, 2.24) is 15.1 Å². The van der Waals surface area contributed by atoms with Crippen LogP contribution in [0, 0.1) is 0 Å². The van der Waals surface area contributed by atoms with E-state index in [1.165, 1.54) is 11.1 Å². The highest BCUT2D eigenvalue weighted by Crippen LogP contribution is 2.27. The number of piperidine rings is 1. The maximum atomic E-state index is 10.8. The standard InChI is InChI=1S/C17H25N3O/c21-14-20-9-5-17(6-10-20)16-3-1-15(2-4-16)13-19-11-7-18-8-12-19/h1-4,14,17-18H,5-13H2. The van der Waals surface area contributed by atoms with E-state index in [0.717, 1.165) is 65.1 Å². The number of amides is 1. The number of rotatable bonds is 4. The molecule has 0 radical (unpaired) electrons. The fourth-order valence-electron chi connectivity index (χ4n) is 3.36. The minimum Gasteiger partial charge on any atom is -0.345 e. The van der Waals surface area contributed by atoms with E-state index >= 15 is 0 Å². The zero-order valence-corrected chi connectivity index (χ0v) is 12.6. The molecular weight excluding hydrogens is 262 g/mol. The molecule has 4 heteroatoms. The molecule has 0 aliphatic carbocycles. The quantitative estimate of drug-likeness (QED) is 0.851. The molecule has 4 nitrogen and oxygen atoms in total. The number of likely N-dealkylation sites (tertiary alicyclic amines) is 1. The SMILES string of the molecule is O=CN1CCC(c2ccc(CN3CCNCC3)cc2)CC1. The predicted molar refractivity (Wildman–Crippen MR) is 84.2 cm³/mol. The third-order valence-electron chi connectivity index (χ3n) is 4.75. The van der Waals surface area contributed by atoms with Crippen molar-refractivity contribution < 1.29 is 4.79 Å². The Bertz CT molecular complexity index is 446. The van der Waals surface area contributed by atoms with E-state index in [0.29, 0.717) is 5.92 Å². The van der Waals surface area contributed by atoms with E-state index in [-0.39, 0.29) is 0 Å². The Kier molecular flexibility index (Phi) is 4.88. The second-order valence-electron chi connectivity index (χ2n) is 6.18. The third kappa shape index (κ3) is 3.83. The Labute approximate surface area is 127 Å². The minimum atomic E-state index is 0.620. The van der Waals surface area contributed by atoms with Crippen LogP contribution >= 0.6 is 0 Å². The number of nitrogens with zero attached hydrogens (tertiary/aromatic N) is 2. The fourth-order valence-corrected chi connectivity index (χ4v) is 3.36. The number of carbonyl (C=O) groups excluding carboxylic acids is 1. The molecular formula is C17H25N3O. The lowest BCUT2D eigenvalue weighted by atomic mass is 9.89. The number of carbonyl (C=O) groups is 1. The van der Waals surface area contributed by atoms with E-state index in [1.54, 1.807) is 0 Å². The van der Waals surface area contributed by atoms with Crippen molar-refractivity contribution in [2.75, 3.05) is 39.3 Å². The molecule has 1 aromatic carbocycles. The van der Waals surface area contributed by atoms with Crippen molar-refractivity contribution >= 4 is 6.41 Å². The van der Waals surface area contributed by atoms with Gasteiger partial charge in [0.2, 0.25) is 6.41 Å². The fraction of sp³-hybridized carbons (Fsp3) is 0.588. The summed E-state index contributed by atoms with van der Waals surface area (Å²) in [6.45, 7) is 7.36. The molecule has 1 amide bonds. The molecule has 114 valence electrons. The number of hydrogen-bond acceptors (Lipinski definition) is 3. The molecule has 21 heavy (non-hydrogen) atoms. The first-order valence-corrected chi connectivity index (χ1v) is 8.06. The Hall–Kier alpha value is -1.39. The van der Waals surface area contributed by atoms with Gasteiger partial charge in [-0.2, -0.15) is 0 Å². The first-order chi connectivity index (χ1) is 10.3. The first-order valence-electron chi connectivity index (χ1n) is 8.06. The summed E-state index contributed by atoms with van der Waals surface area (Å²) in [6, 6.07) is 9.14. The molecule has 0 aromatic heterocycles. The minimum absolute atomic E-state index is 0.620. The summed E-state index contributed by atoms with van der Waals surface area (Å²) in [6.07, 6.45) is 3.17. The molecule has 1 aromatic rings. The van der Waals surface area contributed by atoms with Gasteiger partial charge < -0.3 is 10.2 Å². The monoisotopic (exact) mass is 287 g/mol. The van der Waals surface area contributed by atoms with Gasteiger partial charge >= 0.3 is 0 Å². The number of benzene rings is 1. The van der Waals surface area contributed by atoms with Gasteiger partial charge in [-0.15, -0.1) is 0 Å². The number of hydrogen-bond donors (Lipinski definition) is 1. The van der Waals surface area contributed by atoms with Crippen molar-refractivity contribution in [2.24, 2.45) is 0 Å². The molecule has 2 fully saturated rings. The highest BCUT2D eigenvalue weighted by atomic mass is 16.1. The van der Waals surface area contributed by atoms with Crippen LogP contribution in [-0.2, 0) is 11.3 Å². The van der Waals surface area contributed by atoms with Crippen LogP contribution in [0.2, 0.25) is 0 Å². The topological polar surface area (TPSA) is 35.6 Å². The summed E-state index contributed by atoms with van der Waals surface area (Å²) in [7, 11) is 0. The summed E-state index contributed by atoms with van der Waals surface area (Å²) in [5.74, 6) is 0.620. The first kappa shape index (κ1) is 14.5. The summed E-state index contributed by atoms with van der Waals surface area (Å²) >= 11 is 0. The summed E-state index contributed by atoms with van der Waals surface area (Å²) in [4.78, 5) is 15.1. The predicted octanol–water partition coefficient (Wildman–Crippen LogP) is 1.43. The van der Waals surface area contributed by atoms with Crippen LogP contribution in [0.15, 0.2) is 24.3 Å². The normalized spacial score (nSPS) is 21.4. The molecule has 2 aliphatic heterocycles. The van der Waals surface area contributed by atoms with Gasteiger partial charge in [0.15, 0.2) is 0 Å². The maximum absolute atomic E-state index is 10.8. The molecule has 0 bridgehead atoms. The van der Waals surface area contributed by atoms with Crippen LogP contribution in [0.1, 0.15) is 29.9 Å². The molecule has 2 aliphatic rings. The molecule has 0 unspecified atom stereocenters. The smallest absolute Gasteiger partial charge is 0.209 e. The van der Waals surface area contributed by atoms with Gasteiger partial charge in [0, 0.05) is 45.8 Å². The zero-order valence-electron chi connectivity index (χ0n) is 12.6. The van der Waals surface area contributed by atoms with E-state index in [1.807, 2.05) is 4.90 Å². The summed E-state index contributed by atoms with van der Waals surface area (Å²) in [5.41, 5.74) is 2.84. The molecule has 0 saturated carbocycles. The molecule has 0 spiro atoms. The lowest BCUT2D eigenvalue weighted by molar-refractivity contribution is -0.119. The highest BCUT2D eigenvalue weighted by molar-refractivity contribution is 5.47. The Balaban J connectivity index is 1.55. The molecule has 1 N–H and O–H groups in total. The zero-order chi connectivity index (χ0) is 14.5. The van der Waals surface area contributed by atoms with Gasteiger partial charge in [-0.05, 0) is 29.9 Å². The van der Waals surface area contributed by atoms with Crippen molar-refractivity contribution in [1.29, 1.82) is 0 Å². The molecule has 0 atom stereocenters. The Morgan fingerprint density at radius 3 is 2.33 bits per heavy atom. The van der Waals surface area contributed by atoms with Crippen molar-refractivity contribution in [3.05, 3.63) is 35.4 Å². The second-order valence-corrected chi connectivity index (χ2v) is 6.18. The average Bonchev–Trinajstić information content (AvgIpc) is 2.57. The van der Waals surface area contributed by atoms with Crippen molar-refractivity contribution in [3.8, 4) is 0 Å². The van der Waals surface area contributed by atoms with E-state index in [9.17, 15) is 4.79 Å².